The number of amides is 1. The third-order valence-electron chi connectivity index (χ3n) is 2.79. The molecule has 0 aliphatic rings. The Kier molecular flexibility index (Phi) is 3.46. The molecule has 0 saturated heterocycles. The molecule has 0 fully saturated rings. The summed E-state index contributed by atoms with van der Waals surface area (Å²) < 4.78 is 4.95. The number of nitrogens with one attached hydrogen (secondary N) is 1. The number of nitrogens with zero attached hydrogens (tertiary/aromatic N) is 1. The zero-order valence-corrected chi connectivity index (χ0v) is 11.0. The summed E-state index contributed by atoms with van der Waals surface area (Å²) in [4.78, 5) is 23.4. The number of anilines is 1. The van der Waals surface area contributed by atoms with Crippen molar-refractivity contribution in [3.05, 3.63) is 46.8 Å². The van der Waals surface area contributed by atoms with Crippen molar-refractivity contribution in [3.8, 4) is 0 Å². The van der Waals surface area contributed by atoms with Gasteiger partial charge in [0.25, 0.3) is 5.91 Å². The molecule has 2 aromatic rings. The van der Waals surface area contributed by atoms with Gasteiger partial charge in [0, 0.05) is 11.3 Å². The highest BCUT2D eigenvalue weighted by molar-refractivity contribution is 6.06. The monoisotopic (exact) mass is 258 g/mol. The number of aryl methyl sites for hydroxylation is 2. The highest BCUT2D eigenvalue weighted by atomic mass is 16.5. The van der Waals surface area contributed by atoms with E-state index in [-0.39, 0.29) is 11.7 Å². The second-order valence-corrected chi connectivity index (χ2v) is 4.29. The molecule has 0 aliphatic carbocycles. The number of rotatable bonds is 3. The van der Waals surface area contributed by atoms with Crippen molar-refractivity contribution in [2.75, 3.05) is 5.32 Å². The van der Waals surface area contributed by atoms with Gasteiger partial charge in [0.15, 0.2) is 5.78 Å². The maximum absolute atomic E-state index is 12.1. The molecule has 1 heterocycles. The lowest BCUT2D eigenvalue weighted by atomic mass is 10.1. The fourth-order valence-corrected chi connectivity index (χ4v) is 1.82. The Bertz CT molecular complexity index is 624. The lowest BCUT2D eigenvalue weighted by Crippen LogP contribution is -2.13. The van der Waals surface area contributed by atoms with E-state index < -0.39 is 0 Å². The largest absolute Gasteiger partial charge is 0.361 e. The van der Waals surface area contributed by atoms with Gasteiger partial charge in [-0.2, -0.15) is 0 Å². The number of carbonyl (C=O) groups is 2. The molecule has 5 heteroatoms. The van der Waals surface area contributed by atoms with Gasteiger partial charge in [0.1, 0.15) is 11.3 Å². The molecule has 0 atom stereocenters. The van der Waals surface area contributed by atoms with E-state index in [0.717, 1.165) is 0 Å². The first-order chi connectivity index (χ1) is 8.99. The third-order valence-corrected chi connectivity index (χ3v) is 2.79. The van der Waals surface area contributed by atoms with E-state index in [0.29, 0.717) is 28.3 Å². The molecule has 98 valence electrons. The van der Waals surface area contributed by atoms with Gasteiger partial charge in [-0.05, 0) is 32.9 Å². The minimum atomic E-state index is -0.294. The van der Waals surface area contributed by atoms with Gasteiger partial charge < -0.3 is 9.84 Å². The van der Waals surface area contributed by atoms with E-state index in [1.54, 1.807) is 38.1 Å². The molecule has 0 radical (unpaired) electrons. The van der Waals surface area contributed by atoms with Gasteiger partial charge in [0.2, 0.25) is 0 Å². The van der Waals surface area contributed by atoms with Crippen LogP contribution in [0.3, 0.4) is 0 Å². The minimum Gasteiger partial charge on any atom is -0.361 e. The Morgan fingerprint density at radius 2 is 2.00 bits per heavy atom. The SMILES string of the molecule is CC(=O)c1cccc(NC(=O)c2c(C)noc2C)c1. The van der Waals surface area contributed by atoms with Crippen molar-refractivity contribution in [2.45, 2.75) is 20.8 Å². The molecule has 19 heavy (non-hydrogen) atoms. The quantitative estimate of drug-likeness (QED) is 0.859. The number of hydrogen-bond acceptors (Lipinski definition) is 4. The number of Topliss-reactive ketones (excluding diaryl/α,β-unsaturated/α-hetero) is 1. The van der Waals surface area contributed by atoms with Crippen molar-refractivity contribution in [2.24, 2.45) is 0 Å². The van der Waals surface area contributed by atoms with Gasteiger partial charge in [-0.3, -0.25) is 9.59 Å². The van der Waals surface area contributed by atoms with Gasteiger partial charge in [-0.1, -0.05) is 17.3 Å². The average molecular weight is 258 g/mol. The first-order valence-corrected chi connectivity index (χ1v) is 5.84. The number of ketones is 1. The second-order valence-electron chi connectivity index (χ2n) is 4.29. The molecule has 1 N–H and O–H groups in total. The predicted molar refractivity (Wildman–Crippen MR) is 70.4 cm³/mol. The van der Waals surface area contributed by atoms with Gasteiger partial charge in [0.05, 0.1) is 5.69 Å². The summed E-state index contributed by atoms with van der Waals surface area (Å²) in [6.07, 6.45) is 0. The molecule has 1 amide bonds. The molecule has 1 aromatic heterocycles. The summed E-state index contributed by atoms with van der Waals surface area (Å²) >= 11 is 0. The Morgan fingerprint density at radius 1 is 1.26 bits per heavy atom. The van der Waals surface area contributed by atoms with Crippen LogP contribution in [0.4, 0.5) is 5.69 Å². The van der Waals surface area contributed by atoms with E-state index in [9.17, 15) is 9.59 Å². The second kappa shape index (κ2) is 5.06. The summed E-state index contributed by atoms with van der Waals surface area (Å²) in [5, 5.41) is 6.46. The van der Waals surface area contributed by atoms with Crippen molar-refractivity contribution in [3.63, 3.8) is 0 Å². The molecule has 0 spiro atoms. The first kappa shape index (κ1) is 13.0. The van der Waals surface area contributed by atoms with E-state index in [1.165, 1.54) is 6.92 Å². The Labute approximate surface area is 110 Å². The zero-order valence-electron chi connectivity index (χ0n) is 11.0. The summed E-state index contributed by atoms with van der Waals surface area (Å²) in [6.45, 7) is 4.87. The van der Waals surface area contributed by atoms with Crippen LogP contribution >= 0.6 is 0 Å². The van der Waals surface area contributed by atoms with Crippen LogP contribution in [0.2, 0.25) is 0 Å². The Morgan fingerprint density at radius 3 is 2.58 bits per heavy atom. The smallest absolute Gasteiger partial charge is 0.261 e. The van der Waals surface area contributed by atoms with Crippen LogP contribution in [-0.2, 0) is 0 Å². The number of aromatic nitrogens is 1. The molecule has 1 aromatic carbocycles. The predicted octanol–water partition coefficient (Wildman–Crippen LogP) is 2.75. The van der Waals surface area contributed by atoms with Crippen molar-refractivity contribution in [1.82, 2.24) is 5.16 Å². The van der Waals surface area contributed by atoms with Crippen LogP contribution in [0.5, 0.6) is 0 Å². The molecular weight excluding hydrogens is 244 g/mol. The summed E-state index contributed by atoms with van der Waals surface area (Å²) in [5.41, 5.74) is 2.08. The van der Waals surface area contributed by atoms with Crippen molar-refractivity contribution >= 4 is 17.4 Å². The van der Waals surface area contributed by atoms with E-state index >= 15 is 0 Å². The molecule has 5 nitrogen and oxygen atoms in total. The molecule has 0 saturated carbocycles. The van der Waals surface area contributed by atoms with Crippen LogP contribution < -0.4 is 5.32 Å². The summed E-state index contributed by atoms with van der Waals surface area (Å²) in [6, 6.07) is 6.79. The summed E-state index contributed by atoms with van der Waals surface area (Å²) in [7, 11) is 0. The maximum Gasteiger partial charge on any atom is 0.261 e. The van der Waals surface area contributed by atoms with Crippen LogP contribution in [0.15, 0.2) is 28.8 Å². The molecule has 0 aliphatic heterocycles. The normalized spacial score (nSPS) is 10.3. The molecule has 2 rings (SSSR count). The van der Waals surface area contributed by atoms with Gasteiger partial charge >= 0.3 is 0 Å². The van der Waals surface area contributed by atoms with Gasteiger partial charge in [-0.15, -0.1) is 0 Å². The highest BCUT2D eigenvalue weighted by Crippen LogP contribution is 2.16. The topological polar surface area (TPSA) is 72.2 Å². The van der Waals surface area contributed by atoms with Crippen LogP contribution in [0, 0.1) is 13.8 Å². The highest BCUT2D eigenvalue weighted by Gasteiger charge is 2.17. The molecule has 0 bridgehead atoms. The first-order valence-electron chi connectivity index (χ1n) is 5.84. The van der Waals surface area contributed by atoms with Crippen molar-refractivity contribution in [1.29, 1.82) is 0 Å². The standard InChI is InChI=1S/C14H14N2O3/c1-8-13(10(3)19-16-8)14(18)15-12-6-4-5-11(7-12)9(2)17/h4-7H,1-3H3,(H,15,18). The fraction of sp³-hybridized carbons (Fsp3) is 0.214. The maximum atomic E-state index is 12.1. The van der Waals surface area contributed by atoms with Crippen LogP contribution in [0.25, 0.3) is 0 Å². The molecular formula is C14H14N2O3. The lowest BCUT2D eigenvalue weighted by molar-refractivity contribution is 0.101. The Hall–Kier alpha value is -2.43. The average Bonchev–Trinajstić information content (AvgIpc) is 2.69. The van der Waals surface area contributed by atoms with E-state index in [2.05, 4.69) is 10.5 Å². The number of hydrogen-bond donors (Lipinski definition) is 1. The fourth-order valence-electron chi connectivity index (χ4n) is 1.82. The van der Waals surface area contributed by atoms with Crippen LogP contribution in [-0.4, -0.2) is 16.8 Å². The minimum absolute atomic E-state index is 0.0477. The van der Waals surface area contributed by atoms with Gasteiger partial charge in [-0.25, -0.2) is 0 Å². The zero-order chi connectivity index (χ0) is 14.0. The number of carbonyl (C=O) groups excluding carboxylic acids is 2. The summed E-state index contributed by atoms with van der Waals surface area (Å²) in [5.74, 6) is 0.128. The lowest BCUT2D eigenvalue weighted by Gasteiger charge is -2.05. The van der Waals surface area contributed by atoms with E-state index in [1.807, 2.05) is 0 Å². The third kappa shape index (κ3) is 2.70. The molecule has 0 unspecified atom stereocenters. The van der Waals surface area contributed by atoms with Crippen LogP contribution in [0.1, 0.15) is 39.1 Å². The van der Waals surface area contributed by atoms with E-state index in [4.69, 9.17) is 4.52 Å². The van der Waals surface area contributed by atoms with Crippen molar-refractivity contribution < 1.29 is 14.1 Å². The number of benzene rings is 1. The Balaban J connectivity index is 2.24.